The first-order valence-corrected chi connectivity index (χ1v) is 11.4. The van der Waals surface area contributed by atoms with Crippen molar-refractivity contribution in [3.8, 4) is 17.0 Å². The Hall–Kier alpha value is -3.46. The van der Waals surface area contributed by atoms with Crippen LogP contribution in [0, 0.1) is 6.92 Å². The third kappa shape index (κ3) is 3.62. The maximum Gasteiger partial charge on any atom is 0.227 e. The van der Waals surface area contributed by atoms with Gasteiger partial charge in [0.2, 0.25) is 5.95 Å². The number of rotatable bonds is 4. The van der Waals surface area contributed by atoms with Crippen LogP contribution in [-0.4, -0.2) is 77.3 Å². The summed E-state index contributed by atoms with van der Waals surface area (Å²) in [6, 6.07) is 7.21. The Morgan fingerprint density at radius 3 is 2.70 bits per heavy atom. The summed E-state index contributed by atoms with van der Waals surface area (Å²) in [6.07, 6.45) is 6.69. The van der Waals surface area contributed by atoms with Gasteiger partial charge in [-0.15, -0.1) is 0 Å². The molecule has 0 amide bonds. The topological polar surface area (TPSA) is 82.5 Å². The molecule has 9 heteroatoms. The Balaban J connectivity index is 1.21. The average molecular weight is 445 g/mol. The van der Waals surface area contributed by atoms with Gasteiger partial charge < -0.3 is 19.9 Å². The predicted octanol–water partition coefficient (Wildman–Crippen LogP) is 2.71. The normalized spacial score (nSPS) is 21.8. The quantitative estimate of drug-likeness (QED) is 0.653. The van der Waals surface area contributed by atoms with E-state index in [9.17, 15) is 0 Å². The largest absolute Gasteiger partial charge is 0.488 e. The van der Waals surface area contributed by atoms with Crippen LogP contribution in [0.4, 0.5) is 23.3 Å². The number of pyridine rings is 2. The Morgan fingerprint density at radius 1 is 1.03 bits per heavy atom. The highest BCUT2D eigenvalue weighted by Gasteiger charge is 2.42. The lowest BCUT2D eigenvalue weighted by atomic mass is 10.2. The van der Waals surface area contributed by atoms with E-state index in [1.165, 1.54) is 6.42 Å². The van der Waals surface area contributed by atoms with Crippen LogP contribution in [0.25, 0.3) is 11.3 Å². The lowest BCUT2D eigenvalue weighted by Gasteiger charge is -2.33. The minimum atomic E-state index is 0.527. The molecule has 0 spiro atoms. The first-order chi connectivity index (χ1) is 16.0. The first-order valence-electron chi connectivity index (χ1n) is 11.4. The second-order valence-corrected chi connectivity index (χ2v) is 9.21. The van der Waals surface area contributed by atoms with Gasteiger partial charge in [0.05, 0.1) is 24.1 Å². The number of nitrogens with zero attached hydrogens (tertiary/aromatic N) is 7. The number of fused-ring (bicyclic) bond motifs is 3. The molecule has 6 heterocycles. The summed E-state index contributed by atoms with van der Waals surface area (Å²) < 4.78 is 5.79. The molecule has 170 valence electrons. The van der Waals surface area contributed by atoms with Crippen molar-refractivity contribution in [1.29, 1.82) is 0 Å². The SMILES string of the molecule is Cc1cc(Nc2nccc(-c3cnc4c(c3)OCCN4C)n2)cnc1N1CC2CC1CN2C. The minimum Gasteiger partial charge on any atom is -0.488 e. The van der Waals surface area contributed by atoms with Crippen LogP contribution < -0.4 is 19.9 Å². The standard InChI is InChI=1S/C24H28N8O/c1-15-8-17(12-27-22(15)32-14-18-10-19(32)13-31(18)3)28-24-25-5-4-20(29-24)16-9-21-23(26-11-16)30(2)6-7-33-21/h4-5,8-9,11-12,18-19H,6-7,10,13-14H2,1-3H3,(H,25,28,29). The summed E-state index contributed by atoms with van der Waals surface area (Å²) in [5, 5.41) is 3.31. The van der Waals surface area contributed by atoms with E-state index in [1.807, 2.05) is 31.6 Å². The van der Waals surface area contributed by atoms with Crippen molar-refractivity contribution in [3.63, 3.8) is 0 Å². The Labute approximate surface area is 193 Å². The fourth-order valence-corrected chi connectivity index (χ4v) is 5.14. The second kappa shape index (κ2) is 7.84. The van der Waals surface area contributed by atoms with Gasteiger partial charge in [0.1, 0.15) is 12.4 Å². The number of ether oxygens (including phenoxy) is 1. The molecule has 33 heavy (non-hydrogen) atoms. The van der Waals surface area contributed by atoms with Crippen molar-refractivity contribution in [1.82, 2.24) is 24.8 Å². The number of nitrogens with one attached hydrogen (secondary N) is 1. The van der Waals surface area contributed by atoms with Crippen LogP contribution in [0.5, 0.6) is 5.75 Å². The zero-order chi connectivity index (χ0) is 22.5. The molecule has 3 aliphatic heterocycles. The number of aryl methyl sites for hydroxylation is 1. The molecule has 3 aromatic heterocycles. The van der Waals surface area contributed by atoms with E-state index in [2.05, 4.69) is 50.0 Å². The number of piperazine rings is 1. The van der Waals surface area contributed by atoms with E-state index in [4.69, 9.17) is 14.7 Å². The summed E-state index contributed by atoms with van der Waals surface area (Å²) in [4.78, 5) is 25.5. The number of likely N-dealkylation sites (N-methyl/N-ethyl adjacent to an activating group) is 2. The van der Waals surface area contributed by atoms with Gasteiger partial charge in [-0.05, 0) is 44.2 Å². The maximum atomic E-state index is 5.79. The highest BCUT2D eigenvalue weighted by molar-refractivity contribution is 5.67. The molecule has 1 N–H and O–H groups in total. The maximum absolute atomic E-state index is 5.79. The average Bonchev–Trinajstić information content (AvgIpc) is 3.39. The first kappa shape index (κ1) is 20.2. The van der Waals surface area contributed by atoms with Gasteiger partial charge in [-0.2, -0.15) is 0 Å². The number of aromatic nitrogens is 4. The van der Waals surface area contributed by atoms with Crippen LogP contribution in [0.1, 0.15) is 12.0 Å². The highest BCUT2D eigenvalue weighted by atomic mass is 16.5. The van der Waals surface area contributed by atoms with Crippen molar-refractivity contribution in [2.75, 3.05) is 55.5 Å². The molecule has 0 aromatic carbocycles. The zero-order valence-corrected chi connectivity index (χ0v) is 19.2. The second-order valence-electron chi connectivity index (χ2n) is 9.21. The Kier molecular flexibility index (Phi) is 4.79. The third-order valence-electron chi connectivity index (χ3n) is 6.92. The molecule has 9 nitrogen and oxygen atoms in total. The van der Waals surface area contributed by atoms with Gasteiger partial charge in [-0.25, -0.2) is 19.9 Å². The summed E-state index contributed by atoms with van der Waals surface area (Å²) in [5.41, 5.74) is 3.72. The number of hydrogen-bond acceptors (Lipinski definition) is 9. The molecule has 0 aliphatic carbocycles. The van der Waals surface area contributed by atoms with Gasteiger partial charge in [0.15, 0.2) is 11.6 Å². The van der Waals surface area contributed by atoms with Crippen molar-refractivity contribution in [3.05, 3.63) is 42.4 Å². The van der Waals surface area contributed by atoms with Crippen molar-refractivity contribution < 1.29 is 4.74 Å². The molecule has 2 atom stereocenters. The Morgan fingerprint density at radius 2 is 1.91 bits per heavy atom. The molecule has 2 fully saturated rings. The summed E-state index contributed by atoms with van der Waals surface area (Å²) in [6.45, 7) is 5.79. The summed E-state index contributed by atoms with van der Waals surface area (Å²) >= 11 is 0. The molecule has 0 radical (unpaired) electrons. The van der Waals surface area contributed by atoms with E-state index in [0.717, 1.165) is 59.5 Å². The third-order valence-corrected chi connectivity index (χ3v) is 6.92. The van der Waals surface area contributed by atoms with Gasteiger partial charge in [0.25, 0.3) is 0 Å². The van der Waals surface area contributed by atoms with Gasteiger partial charge in [-0.1, -0.05) is 0 Å². The molecule has 3 aliphatic rings. The molecule has 2 unspecified atom stereocenters. The molecule has 2 bridgehead atoms. The number of hydrogen-bond donors (Lipinski definition) is 1. The van der Waals surface area contributed by atoms with E-state index < -0.39 is 0 Å². The van der Waals surface area contributed by atoms with Gasteiger partial charge in [0, 0.05) is 50.2 Å². The van der Waals surface area contributed by atoms with Crippen LogP contribution >= 0.6 is 0 Å². The lowest BCUT2D eigenvalue weighted by molar-refractivity contribution is 0.292. The van der Waals surface area contributed by atoms with Crippen LogP contribution in [0.3, 0.4) is 0 Å². The van der Waals surface area contributed by atoms with E-state index >= 15 is 0 Å². The van der Waals surface area contributed by atoms with Crippen molar-refractivity contribution in [2.45, 2.75) is 25.4 Å². The van der Waals surface area contributed by atoms with Gasteiger partial charge in [-0.3, -0.25) is 4.90 Å². The molecular formula is C24H28N8O. The highest BCUT2D eigenvalue weighted by Crippen LogP contribution is 2.35. The van der Waals surface area contributed by atoms with Crippen LogP contribution in [0.15, 0.2) is 36.8 Å². The zero-order valence-electron chi connectivity index (χ0n) is 19.2. The van der Waals surface area contributed by atoms with Crippen molar-refractivity contribution >= 4 is 23.3 Å². The number of likely N-dealkylation sites (tertiary alicyclic amines) is 1. The fourth-order valence-electron chi connectivity index (χ4n) is 5.14. The molecule has 2 saturated heterocycles. The summed E-state index contributed by atoms with van der Waals surface area (Å²) in [7, 11) is 4.24. The number of anilines is 4. The lowest BCUT2D eigenvalue weighted by Crippen LogP contribution is -2.45. The van der Waals surface area contributed by atoms with E-state index in [1.54, 1.807) is 6.20 Å². The smallest absolute Gasteiger partial charge is 0.227 e. The summed E-state index contributed by atoms with van der Waals surface area (Å²) in [5.74, 6) is 3.25. The monoisotopic (exact) mass is 444 g/mol. The predicted molar refractivity (Wildman–Crippen MR) is 128 cm³/mol. The van der Waals surface area contributed by atoms with Crippen molar-refractivity contribution in [2.24, 2.45) is 0 Å². The minimum absolute atomic E-state index is 0.527. The van der Waals surface area contributed by atoms with Gasteiger partial charge >= 0.3 is 0 Å². The van der Waals surface area contributed by atoms with E-state index in [0.29, 0.717) is 24.6 Å². The Bertz CT molecular complexity index is 1200. The molecular weight excluding hydrogens is 416 g/mol. The fraction of sp³-hybridized carbons (Fsp3) is 0.417. The molecule has 0 saturated carbocycles. The van der Waals surface area contributed by atoms with Crippen LogP contribution in [0.2, 0.25) is 0 Å². The van der Waals surface area contributed by atoms with Crippen LogP contribution in [-0.2, 0) is 0 Å². The van der Waals surface area contributed by atoms with E-state index in [-0.39, 0.29) is 0 Å². The molecule has 3 aromatic rings. The molecule has 6 rings (SSSR count).